The van der Waals surface area contributed by atoms with Crippen molar-refractivity contribution >= 4 is 17.2 Å². The van der Waals surface area contributed by atoms with Crippen LogP contribution >= 0.6 is 0 Å². The van der Waals surface area contributed by atoms with Crippen LogP contribution in [-0.2, 0) is 6.42 Å². The lowest BCUT2D eigenvalue weighted by Gasteiger charge is -2.32. The third-order valence-corrected chi connectivity index (χ3v) is 6.25. The minimum absolute atomic E-state index is 0.0555. The molecule has 1 unspecified atom stereocenters. The van der Waals surface area contributed by atoms with Crippen molar-refractivity contribution in [3.05, 3.63) is 52.7 Å². The summed E-state index contributed by atoms with van der Waals surface area (Å²) >= 11 is 0. The molecule has 0 N–H and O–H groups in total. The summed E-state index contributed by atoms with van der Waals surface area (Å²) < 4.78 is 11.4. The van der Waals surface area contributed by atoms with Crippen LogP contribution in [0.15, 0.2) is 30.5 Å². The van der Waals surface area contributed by atoms with Crippen LogP contribution in [0.5, 0.6) is 11.5 Å². The van der Waals surface area contributed by atoms with E-state index in [0.29, 0.717) is 5.56 Å². The first-order chi connectivity index (χ1) is 15.0. The lowest BCUT2D eigenvalue weighted by Crippen LogP contribution is -2.37. The third-order valence-electron chi connectivity index (χ3n) is 6.25. The molecular formula is C26H34N2O3. The molecule has 5 heteroatoms. The van der Waals surface area contributed by atoms with Crippen LogP contribution in [-0.4, -0.2) is 38.1 Å². The number of anilines is 1. The van der Waals surface area contributed by atoms with E-state index in [1.54, 1.807) is 20.4 Å². The highest BCUT2D eigenvalue weighted by Crippen LogP contribution is 2.38. The van der Waals surface area contributed by atoms with Gasteiger partial charge in [0.2, 0.25) is 0 Å². The first kappa shape index (κ1) is 22.9. The minimum Gasteiger partial charge on any atom is -0.496 e. The van der Waals surface area contributed by atoms with Gasteiger partial charge in [0.15, 0.2) is 5.78 Å². The normalized spacial score (nSPS) is 14.8. The van der Waals surface area contributed by atoms with Gasteiger partial charge in [-0.15, -0.1) is 0 Å². The van der Waals surface area contributed by atoms with Gasteiger partial charge < -0.3 is 14.4 Å². The predicted octanol–water partition coefficient (Wildman–Crippen LogP) is 5.55. The zero-order valence-corrected chi connectivity index (χ0v) is 19.6. The molecule has 31 heavy (non-hydrogen) atoms. The minimum atomic E-state index is -0.0555. The molecule has 1 fully saturated rings. The summed E-state index contributed by atoms with van der Waals surface area (Å²) in [7, 11) is 3.36. The third kappa shape index (κ3) is 4.46. The molecule has 1 saturated heterocycles. The number of methoxy groups -OCH3 is 2. The Balaban J connectivity index is 2.19. The zero-order chi connectivity index (χ0) is 22.5. The summed E-state index contributed by atoms with van der Waals surface area (Å²) in [5.74, 6) is 2.58. The average Bonchev–Trinajstić information content (AvgIpc) is 2.76. The fraction of sp³-hybridized carbons (Fsp3) is 0.462. The average molecular weight is 423 g/mol. The fourth-order valence-corrected chi connectivity index (χ4v) is 4.00. The standard InChI is InChI=1S/C26H34N2O3/c1-7-17(4)26(29)22-16-27-25(28-11-10-12-28)15-21(22)19(8-2)18-13-23(30-5)20(9-3)24(14-18)31-6/h8,13-17H,7,9-12H2,1-6H3/b19-8-. The van der Waals surface area contributed by atoms with Gasteiger partial charge in [-0.3, -0.25) is 4.79 Å². The van der Waals surface area contributed by atoms with Crippen molar-refractivity contribution in [1.29, 1.82) is 0 Å². The molecule has 2 heterocycles. The molecule has 3 rings (SSSR count). The maximum atomic E-state index is 13.2. The molecule has 0 radical (unpaired) electrons. The number of carbonyl (C=O) groups is 1. The largest absolute Gasteiger partial charge is 0.496 e. The van der Waals surface area contributed by atoms with Gasteiger partial charge in [0.1, 0.15) is 17.3 Å². The highest BCUT2D eigenvalue weighted by atomic mass is 16.5. The Morgan fingerprint density at radius 1 is 1.13 bits per heavy atom. The van der Waals surface area contributed by atoms with E-state index < -0.39 is 0 Å². The number of allylic oxidation sites excluding steroid dienone is 1. The van der Waals surface area contributed by atoms with Crippen molar-refractivity contribution in [3.63, 3.8) is 0 Å². The smallest absolute Gasteiger partial charge is 0.167 e. The van der Waals surface area contributed by atoms with Crippen LogP contribution in [0, 0.1) is 5.92 Å². The predicted molar refractivity (Wildman–Crippen MR) is 127 cm³/mol. The number of hydrogen-bond donors (Lipinski definition) is 0. The molecule has 1 atom stereocenters. The second-order valence-electron chi connectivity index (χ2n) is 8.02. The van der Waals surface area contributed by atoms with E-state index in [4.69, 9.17) is 9.47 Å². The number of pyridine rings is 1. The maximum absolute atomic E-state index is 13.2. The second-order valence-corrected chi connectivity index (χ2v) is 8.02. The van der Waals surface area contributed by atoms with Crippen LogP contribution in [0.4, 0.5) is 5.82 Å². The van der Waals surface area contributed by atoms with Crippen molar-refractivity contribution in [2.24, 2.45) is 5.92 Å². The Kier molecular flexibility index (Phi) is 7.37. The second kappa shape index (κ2) is 9.99. The maximum Gasteiger partial charge on any atom is 0.167 e. The molecule has 0 aliphatic carbocycles. The van der Waals surface area contributed by atoms with Crippen LogP contribution in [0.1, 0.15) is 67.6 Å². The van der Waals surface area contributed by atoms with Gasteiger partial charge in [0.05, 0.1) is 14.2 Å². The van der Waals surface area contributed by atoms with Crippen molar-refractivity contribution in [3.8, 4) is 11.5 Å². The van der Waals surface area contributed by atoms with Crippen molar-refractivity contribution < 1.29 is 14.3 Å². The van der Waals surface area contributed by atoms with Gasteiger partial charge in [0, 0.05) is 36.3 Å². The van der Waals surface area contributed by atoms with Gasteiger partial charge in [-0.2, -0.15) is 0 Å². The molecule has 0 spiro atoms. The highest BCUT2D eigenvalue weighted by Gasteiger charge is 2.24. The molecular weight excluding hydrogens is 388 g/mol. The Morgan fingerprint density at radius 3 is 2.23 bits per heavy atom. The summed E-state index contributed by atoms with van der Waals surface area (Å²) in [4.78, 5) is 20.1. The summed E-state index contributed by atoms with van der Waals surface area (Å²) in [5.41, 5.74) is 4.57. The molecule has 1 aliphatic heterocycles. The van der Waals surface area contributed by atoms with Crippen molar-refractivity contribution in [2.75, 3.05) is 32.2 Å². The van der Waals surface area contributed by atoms with Gasteiger partial charge in [-0.05, 0) is 61.1 Å². The summed E-state index contributed by atoms with van der Waals surface area (Å²) in [6, 6.07) is 6.15. The molecule has 166 valence electrons. The Labute approximate surface area is 186 Å². The van der Waals surface area contributed by atoms with Crippen LogP contribution in [0.2, 0.25) is 0 Å². The number of Topliss-reactive ketones (excluding diaryl/α,β-unsaturated/α-hetero) is 1. The Bertz CT molecular complexity index is 952. The van der Waals surface area contributed by atoms with E-state index in [2.05, 4.69) is 29.0 Å². The van der Waals surface area contributed by atoms with Crippen LogP contribution < -0.4 is 14.4 Å². The first-order valence-electron chi connectivity index (χ1n) is 11.2. The molecule has 0 amide bonds. The van der Waals surface area contributed by atoms with E-state index in [1.807, 2.05) is 32.9 Å². The van der Waals surface area contributed by atoms with E-state index in [0.717, 1.165) is 65.5 Å². The number of carbonyl (C=O) groups excluding carboxylic acids is 1. The molecule has 1 aromatic carbocycles. The molecule has 1 aromatic heterocycles. The number of benzene rings is 1. The van der Waals surface area contributed by atoms with E-state index in [1.165, 1.54) is 6.42 Å². The lowest BCUT2D eigenvalue weighted by molar-refractivity contribution is 0.0926. The summed E-state index contributed by atoms with van der Waals surface area (Å²) in [6.07, 6.45) is 6.60. The monoisotopic (exact) mass is 422 g/mol. The zero-order valence-electron chi connectivity index (χ0n) is 19.6. The number of rotatable bonds is 9. The van der Waals surface area contributed by atoms with Crippen LogP contribution in [0.3, 0.4) is 0 Å². The molecule has 2 aromatic rings. The molecule has 0 saturated carbocycles. The summed E-state index contributed by atoms with van der Waals surface area (Å²) in [5, 5.41) is 0. The molecule has 1 aliphatic rings. The SMILES string of the molecule is C/C=C(/c1cc(OC)c(CC)c(OC)c1)c1cc(N2CCC2)ncc1C(=O)C(C)CC. The first-order valence-corrected chi connectivity index (χ1v) is 11.2. The molecule has 5 nitrogen and oxygen atoms in total. The van der Waals surface area contributed by atoms with Gasteiger partial charge in [-0.25, -0.2) is 4.98 Å². The number of ketones is 1. The van der Waals surface area contributed by atoms with E-state index in [9.17, 15) is 4.79 Å². The highest BCUT2D eigenvalue weighted by molar-refractivity contribution is 6.03. The fourth-order valence-electron chi connectivity index (χ4n) is 4.00. The Morgan fingerprint density at radius 2 is 1.77 bits per heavy atom. The quantitative estimate of drug-likeness (QED) is 0.496. The topological polar surface area (TPSA) is 51.7 Å². The van der Waals surface area contributed by atoms with E-state index in [-0.39, 0.29) is 11.7 Å². The van der Waals surface area contributed by atoms with E-state index >= 15 is 0 Å². The number of hydrogen-bond acceptors (Lipinski definition) is 5. The number of aromatic nitrogens is 1. The van der Waals surface area contributed by atoms with Crippen molar-refractivity contribution in [1.82, 2.24) is 4.98 Å². The van der Waals surface area contributed by atoms with Crippen molar-refractivity contribution in [2.45, 2.75) is 47.0 Å². The van der Waals surface area contributed by atoms with Gasteiger partial charge in [-0.1, -0.05) is 26.8 Å². The Hall–Kier alpha value is -2.82. The van der Waals surface area contributed by atoms with Gasteiger partial charge >= 0.3 is 0 Å². The lowest BCUT2D eigenvalue weighted by atomic mass is 9.88. The van der Waals surface area contributed by atoms with Crippen LogP contribution in [0.25, 0.3) is 5.57 Å². The van der Waals surface area contributed by atoms with Gasteiger partial charge in [0.25, 0.3) is 0 Å². The number of nitrogens with zero attached hydrogens (tertiary/aromatic N) is 2. The molecule has 0 bridgehead atoms. The summed E-state index contributed by atoms with van der Waals surface area (Å²) in [6.45, 7) is 10.1. The number of ether oxygens (including phenoxy) is 2.